The minimum absolute atomic E-state index is 0.0940. The summed E-state index contributed by atoms with van der Waals surface area (Å²) in [7, 11) is 0. The molecule has 170 valence electrons. The predicted molar refractivity (Wildman–Crippen MR) is 110 cm³/mol. The van der Waals surface area contributed by atoms with E-state index in [-0.39, 0.29) is 18.4 Å². The van der Waals surface area contributed by atoms with E-state index in [4.69, 9.17) is 5.26 Å². The molecule has 2 saturated heterocycles. The van der Waals surface area contributed by atoms with Gasteiger partial charge in [0.15, 0.2) is 0 Å². The number of hydrogen-bond donors (Lipinski definition) is 1. The molecular weight excluding hydrogens is 423 g/mol. The normalized spacial score (nSPS) is 23.2. The summed E-state index contributed by atoms with van der Waals surface area (Å²) in [6, 6.07) is 7.00. The molecule has 0 saturated carbocycles. The predicted octanol–water partition coefficient (Wildman–Crippen LogP) is 2.75. The van der Waals surface area contributed by atoms with Crippen molar-refractivity contribution in [3.05, 3.63) is 47.3 Å². The first-order valence-corrected chi connectivity index (χ1v) is 10.5. The number of nitriles is 1. The number of hydrogen-bond acceptors (Lipinski definition) is 5. The number of benzene rings is 1. The molecule has 0 bridgehead atoms. The zero-order chi connectivity index (χ0) is 23.1. The fourth-order valence-corrected chi connectivity index (χ4v) is 4.81. The molecule has 0 unspecified atom stereocenters. The summed E-state index contributed by atoms with van der Waals surface area (Å²) in [6.45, 7) is 4.13. The second kappa shape index (κ2) is 8.13. The number of carbonyl (C=O) groups excluding carboxylic acids is 1. The van der Waals surface area contributed by atoms with Crippen molar-refractivity contribution in [2.75, 3.05) is 37.7 Å². The van der Waals surface area contributed by atoms with E-state index in [1.807, 2.05) is 11.8 Å². The van der Waals surface area contributed by atoms with Gasteiger partial charge < -0.3 is 14.9 Å². The second-order valence-corrected chi connectivity index (χ2v) is 8.50. The van der Waals surface area contributed by atoms with Crippen LogP contribution in [0.3, 0.4) is 0 Å². The number of aliphatic hydroxyl groups is 1. The average molecular weight is 447 g/mol. The maximum Gasteiger partial charge on any atom is 0.417 e. The van der Waals surface area contributed by atoms with Gasteiger partial charge in [-0.3, -0.25) is 9.48 Å². The molecule has 7 nitrogen and oxygen atoms in total. The second-order valence-electron chi connectivity index (χ2n) is 8.50. The van der Waals surface area contributed by atoms with E-state index in [1.165, 1.54) is 12.1 Å². The number of alkyl halides is 3. The number of likely N-dealkylation sites (tertiary alicyclic amines) is 1. The number of nitrogens with zero attached hydrogens (tertiary/aromatic N) is 5. The lowest BCUT2D eigenvalue weighted by atomic mass is 9.73. The molecule has 2 aliphatic heterocycles. The highest BCUT2D eigenvalue weighted by atomic mass is 19.4. The van der Waals surface area contributed by atoms with E-state index in [0.29, 0.717) is 50.5 Å². The number of aliphatic hydroxyl groups excluding tert-OH is 1. The lowest BCUT2D eigenvalue weighted by Crippen LogP contribution is -2.49. The van der Waals surface area contributed by atoms with Crippen molar-refractivity contribution in [2.45, 2.75) is 26.1 Å². The number of piperidine rings is 1. The van der Waals surface area contributed by atoms with E-state index in [9.17, 15) is 23.1 Å². The minimum atomic E-state index is -4.62. The average Bonchev–Trinajstić information content (AvgIpc) is 3.42. The van der Waals surface area contributed by atoms with Gasteiger partial charge in [0, 0.05) is 55.9 Å². The molecule has 1 aromatic carbocycles. The smallest absolute Gasteiger partial charge is 0.396 e. The lowest BCUT2D eigenvalue weighted by molar-refractivity contribution is -0.137. The molecule has 1 aromatic heterocycles. The fourth-order valence-electron chi connectivity index (χ4n) is 4.81. The third-order valence-corrected chi connectivity index (χ3v) is 6.71. The van der Waals surface area contributed by atoms with E-state index >= 15 is 0 Å². The van der Waals surface area contributed by atoms with Crippen molar-refractivity contribution >= 4 is 11.6 Å². The van der Waals surface area contributed by atoms with Gasteiger partial charge >= 0.3 is 6.18 Å². The maximum absolute atomic E-state index is 13.4. The monoisotopic (exact) mass is 447 g/mol. The van der Waals surface area contributed by atoms with Crippen LogP contribution in [0.4, 0.5) is 18.9 Å². The van der Waals surface area contributed by atoms with Gasteiger partial charge in [0.2, 0.25) is 0 Å². The van der Waals surface area contributed by atoms with Crippen LogP contribution in [0, 0.1) is 22.7 Å². The number of carbonyl (C=O) groups is 1. The molecule has 3 heterocycles. The van der Waals surface area contributed by atoms with E-state index < -0.39 is 22.7 Å². The molecule has 0 aliphatic carbocycles. The summed E-state index contributed by atoms with van der Waals surface area (Å²) in [5.41, 5.74) is -1.12. The van der Waals surface area contributed by atoms with Gasteiger partial charge in [0.25, 0.3) is 5.91 Å². The van der Waals surface area contributed by atoms with Crippen molar-refractivity contribution in [3.8, 4) is 6.07 Å². The van der Waals surface area contributed by atoms with Gasteiger partial charge in [-0.05, 0) is 37.6 Å². The number of fused-ring (bicyclic) bond motifs is 1. The van der Waals surface area contributed by atoms with Gasteiger partial charge in [-0.25, -0.2) is 0 Å². The fraction of sp³-hybridized carbons (Fsp3) is 0.500. The van der Waals surface area contributed by atoms with Crippen LogP contribution >= 0.6 is 0 Å². The molecular formula is C22H24F3N5O2. The van der Waals surface area contributed by atoms with Crippen LogP contribution in [0.1, 0.15) is 35.0 Å². The first-order valence-electron chi connectivity index (χ1n) is 10.5. The van der Waals surface area contributed by atoms with Gasteiger partial charge in [-0.15, -0.1) is 0 Å². The Hall–Kier alpha value is -3.06. The molecule has 1 amide bonds. The maximum atomic E-state index is 13.4. The largest absolute Gasteiger partial charge is 0.417 e. The van der Waals surface area contributed by atoms with Crippen LogP contribution in [0.5, 0.6) is 0 Å². The highest BCUT2D eigenvalue weighted by Crippen LogP contribution is 2.44. The van der Waals surface area contributed by atoms with E-state index in [2.05, 4.69) is 5.10 Å². The van der Waals surface area contributed by atoms with Crippen LogP contribution in [0.15, 0.2) is 30.5 Å². The topological polar surface area (TPSA) is 85.4 Å². The summed E-state index contributed by atoms with van der Waals surface area (Å²) in [4.78, 5) is 16.5. The quantitative estimate of drug-likeness (QED) is 0.779. The summed E-state index contributed by atoms with van der Waals surface area (Å²) >= 11 is 0. The van der Waals surface area contributed by atoms with Crippen molar-refractivity contribution < 1.29 is 23.1 Å². The molecule has 2 aliphatic rings. The van der Waals surface area contributed by atoms with Crippen molar-refractivity contribution in [2.24, 2.45) is 11.3 Å². The highest BCUT2D eigenvalue weighted by molar-refractivity contribution is 5.92. The third kappa shape index (κ3) is 3.81. The number of halogens is 3. The first-order chi connectivity index (χ1) is 15.2. The Labute approximate surface area is 183 Å². The van der Waals surface area contributed by atoms with Crippen LogP contribution < -0.4 is 4.90 Å². The number of rotatable bonds is 4. The zero-order valence-electron chi connectivity index (χ0n) is 17.6. The third-order valence-electron chi connectivity index (χ3n) is 6.71. The van der Waals surface area contributed by atoms with Crippen LogP contribution in [0.25, 0.3) is 0 Å². The molecule has 0 spiro atoms. The summed E-state index contributed by atoms with van der Waals surface area (Å²) < 4.78 is 41.8. The number of amides is 1. The molecule has 2 aromatic rings. The number of aromatic nitrogens is 2. The molecule has 10 heteroatoms. The molecule has 0 radical (unpaired) electrons. The Morgan fingerprint density at radius 2 is 2.12 bits per heavy atom. The molecule has 32 heavy (non-hydrogen) atoms. The Morgan fingerprint density at radius 1 is 1.34 bits per heavy atom. The molecule has 2 fully saturated rings. The number of aryl methyl sites for hydroxylation is 1. The van der Waals surface area contributed by atoms with Crippen molar-refractivity contribution in [3.63, 3.8) is 0 Å². The van der Waals surface area contributed by atoms with Gasteiger partial charge in [-0.2, -0.15) is 23.5 Å². The molecule has 4 rings (SSSR count). The van der Waals surface area contributed by atoms with Gasteiger partial charge in [0.1, 0.15) is 5.69 Å². The van der Waals surface area contributed by atoms with Crippen LogP contribution in [-0.4, -0.2) is 58.5 Å². The van der Waals surface area contributed by atoms with Gasteiger partial charge in [0.05, 0.1) is 23.8 Å². The van der Waals surface area contributed by atoms with E-state index in [1.54, 1.807) is 27.9 Å². The number of anilines is 1. The van der Waals surface area contributed by atoms with E-state index in [0.717, 1.165) is 6.07 Å². The van der Waals surface area contributed by atoms with Gasteiger partial charge in [-0.1, -0.05) is 0 Å². The first kappa shape index (κ1) is 22.1. The SMILES string of the molecule is CCn1ccc(C(=O)N2C[C@H]3CN(c4ccc(C#N)c(C(F)(F)F)c4)CC[C@@]3(CO)C2)n1. The Balaban J connectivity index is 1.55. The van der Waals surface area contributed by atoms with Crippen LogP contribution in [0.2, 0.25) is 0 Å². The molecule has 1 N–H and O–H groups in total. The minimum Gasteiger partial charge on any atom is -0.396 e. The highest BCUT2D eigenvalue weighted by Gasteiger charge is 2.50. The summed E-state index contributed by atoms with van der Waals surface area (Å²) in [5, 5.41) is 23.5. The van der Waals surface area contributed by atoms with Crippen molar-refractivity contribution in [1.29, 1.82) is 5.26 Å². The lowest BCUT2D eigenvalue weighted by Gasteiger charge is -2.43. The van der Waals surface area contributed by atoms with Crippen LogP contribution in [-0.2, 0) is 12.7 Å². The summed E-state index contributed by atoms with van der Waals surface area (Å²) in [6.07, 6.45) is -2.34. The Kier molecular flexibility index (Phi) is 5.63. The summed E-state index contributed by atoms with van der Waals surface area (Å²) in [5.74, 6) is -0.299. The zero-order valence-corrected chi connectivity index (χ0v) is 17.6. The standard InChI is InChI=1S/C22H24F3N5O2/c1-2-30-7-5-19(27-30)20(32)29-12-16-11-28(8-6-21(16,13-29)14-31)17-4-3-15(10-26)18(9-17)22(23,24)25/h3-5,7,9,16,31H,2,6,8,11-14H2,1H3/t16-,21+/m1/s1. The van der Waals surface area contributed by atoms with Crippen molar-refractivity contribution in [1.82, 2.24) is 14.7 Å². The molecule has 2 atom stereocenters. The Bertz CT molecular complexity index is 1060. The Morgan fingerprint density at radius 3 is 2.75 bits per heavy atom.